The lowest BCUT2D eigenvalue weighted by atomic mass is 10.2. The van der Waals surface area contributed by atoms with Gasteiger partial charge in [0.25, 0.3) is 0 Å². The van der Waals surface area contributed by atoms with Gasteiger partial charge in [-0.2, -0.15) is 5.10 Å². The Kier molecular flexibility index (Phi) is 6.13. The molecule has 4 nitrogen and oxygen atoms in total. The maximum absolute atomic E-state index is 6.20. The molecule has 7 heteroatoms. The molecular formula is C19H13Cl2N3OS. The highest BCUT2D eigenvalue weighted by Crippen LogP contribution is 2.32. The van der Waals surface area contributed by atoms with Crippen molar-refractivity contribution in [3.8, 4) is 29.4 Å². The van der Waals surface area contributed by atoms with Crippen LogP contribution < -0.4 is 10.2 Å². The summed E-state index contributed by atoms with van der Waals surface area (Å²) in [5.74, 6) is 3.14. The van der Waals surface area contributed by atoms with Gasteiger partial charge in [0.2, 0.25) is 5.13 Å². The molecule has 1 N–H and O–H groups in total. The topological polar surface area (TPSA) is 46.5 Å². The highest BCUT2D eigenvalue weighted by Gasteiger charge is 2.08. The first-order valence-corrected chi connectivity index (χ1v) is 9.15. The number of nitrogens with zero attached hydrogens (tertiary/aromatic N) is 2. The molecule has 3 aromatic rings. The van der Waals surface area contributed by atoms with Gasteiger partial charge in [0.15, 0.2) is 0 Å². The fourth-order valence-electron chi connectivity index (χ4n) is 2.08. The van der Waals surface area contributed by atoms with Gasteiger partial charge in [-0.15, -0.1) is 17.8 Å². The quantitative estimate of drug-likeness (QED) is 0.333. The summed E-state index contributed by atoms with van der Waals surface area (Å²) in [6, 6.07) is 12.7. The van der Waals surface area contributed by atoms with Crippen LogP contribution in [0.3, 0.4) is 0 Å². The first-order valence-electron chi connectivity index (χ1n) is 7.52. The molecule has 0 spiro atoms. The van der Waals surface area contributed by atoms with E-state index < -0.39 is 0 Å². The molecule has 0 radical (unpaired) electrons. The van der Waals surface area contributed by atoms with E-state index >= 15 is 0 Å². The molecule has 0 bridgehead atoms. The van der Waals surface area contributed by atoms with Crippen LogP contribution in [-0.4, -0.2) is 17.8 Å². The maximum Gasteiger partial charge on any atom is 0.203 e. The summed E-state index contributed by atoms with van der Waals surface area (Å²) >= 11 is 13.7. The normalized spacial score (nSPS) is 10.7. The minimum atomic E-state index is 0.248. The Morgan fingerprint density at radius 3 is 2.81 bits per heavy atom. The van der Waals surface area contributed by atoms with Gasteiger partial charge in [-0.05, 0) is 48.0 Å². The van der Waals surface area contributed by atoms with Gasteiger partial charge in [-0.25, -0.2) is 4.98 Å². The fraction of sp³-hybridized carbons (Fsp3) is 0.0526. The van der Waals surface area contributed by atoms with Gasteiger partial charge >= 0.3 is 0 Å². The fourth-order valence-corrected chi connectivity index (χ4v) is 3.13. The van der Waals surface area contributed by atoms with Gasteiger partial charge < -0.3 is 4.74 Å². The third-order valence-electron chi connectivity index (χ3n) is 3.28. The zero-order valence-electron chi connectivity index (χ0n) is 13.4. The summed E-state index contributed by atoms with van der Waals surface area (Å²) in [5.41, 5.74) is 5.36. The molecule has 0 amide bonds. The average Bonchev–Trinajstić information content (AvgIpc) is 3.12. The Balaban J connectivity index is 1.63. The van der Waals surface area contributed by atoms with Gasteiger partial charge in [-0.1, -0.05) is 29.1 Å². The van der Waals surface area contributed by atoms with E-state index in [2.05, 4.69) is 21.4 Å². The van der Waals surface area contributed by atoms with Crippen LogP contribution in [0.4, 0.5) is 5.13 Å². The summed E-state index contributed by atoms with van der Waals surface area (Å²) < 4.78 is 5.32. The summed E-state index contributed by atoms with van der Waals surface area (Å²) in [6.45, 7) is 0.248. The first kappa shape index (κ1) is 18.3. The van der Waals surface area contributed by atoms with Gasteiger partial charge in [0.05, 0.1) is 16.9 Å². The molecule has 0 saturated carbocycles. The number of nitrogens with one attached hydrogen (secondary N) is 1. The largest absolute Gasteiger partial charge is 0.481 e. The van der Waals surface area contributed by atoms with Crippen LogP contribution in [0, 0.1) is 12.3 Å². The Bertz CT molecular complexity index is 962. The smallest absolute Gasteiger partial charge is 0.203 e. The number of terminal acetylenes is 1. The van der Waals surface area contributed by atoms with Crippen LogP contribution in [0.5, 0.6) is 5.75 Å². The minimum Gasteiger partial charge on any atom is -0.481 e. The van der Waals surface area contributed by atoms with Crippen molar-refractivity contribution in [3.05, 3.63) is 63.5 Å². The molecule has 0 aliphatic carbocycles. The molecule has 26 heavy (non-hydrogen) atoms. The van der Waals surface area contributed by atoms with Crippen molar-refractivity contribution in [2.45, 2.75) is 0 Å². The van der Waals surface area contributed by atoms with Crippen LogP contribution >= 0.6 is 34.5 Å². The zero-order chi connectivity index (χ0) is 18.4. The summed E-state index contributed by atoms with van der Waals surface area (Å²) in [5, 5.41) is 7.95. The van der Waals surface area contributed by atoms with Crippen molar-refractivity contribution in [1.82, 2.24) is 4.98 Å². The van der Waals surface area contributed by atoms with Gasteiger partial charge in [0.1, 0.15) is 12.4 Å². The van der Waals surface area contributed by atoms with E-state index in [9.17, 15) is 0 Å². The molecule has 0 aliphatic rings. The van der Waals surface area contributed by atoms with E-state index in [1.165, 1.54) is 11.3 Å². The van der Waals surface area contributed by atoms with Crippen LogP contribution in [-0.2, 0) is 0 Å². The Morgan fingerprint density at radius 2 is 2.04 bits per heavy atom. The number of thiazole rings is 1. The molecule has 1 heterocycles. The third-order valence-corrected chi connectivity index (χ3v) is 4.60. The Labute approximate surface area is 165 Å². The predicted molar refractivity (Wildman–Crippen MR) is 110 cm³/mol. The Morgan fingerprint density at radius 1 is 1.23 bits per heavy atom. The number of hydrogen-bond donors (Lipinski definition) is 1. The summed E-state index contributed by atoms with van der Waals surface area (Å²) in [4.78, 5) is 4.47. The van der Waals surface area contributed by atoms with Crippen molar-refractivity contribution in [2.24, 2.45) is 5.10 Å². The molecule has 0 aliphatic heterocycles. The lowest BCUT2D eigenvalue weighted by Gasteiger charge is -2.02. The second-order valence-electron chi connectivity index (χ2n) is 5.09. The zero-order valence-corrected chi connectivity index (χ0v) is 15.8. The highest BCUT2D eigenvalue weighted by molar-refractivity contribution is 7.14. The predicted octanol–water partition coefficient (Wildman–Crippen LogP) is 5.57. The number of anilines is 1. The second kappa shape index (κ2) is 8.72. The van der Waals surface area contributed by atoms with Gasteiger partial charge in [0, 0.05) is 16.0 Å². The molecule has 3 rings (SSSR count). The number of rotatable bonds is 6. The van der Waals surface area contributed by atoms with Crippen LogP contribution in [0.2, 0.25) is 10.0 Å². The summed E-state index contributed by atoms with van der Waals surface area (Å²) in [6.07, 6.45) is 6.85. The third kappa shape index (κ3) is 4.77. The van der Waals surface area contributed by atoms with E-state index in [0.717, 1.165) is 22.6 Å². The number of benzene rings is 2. The standard InChI is InChI=1S/C19H13Cl2N3OS/c1-2-9-25-15-6-3-13(4-7-15)11-22-24-19-23-18(12-26-19)16-10-14(20)5-8-17(16)21/h1,3-8,10-12H,9H2,(H,23,24)/b22-11+. The van der Waals surface area contributed by atoms with Crippen LogP contribution in [0.1, 0.15) is 5.56 Å². The number of hydrazone groups is 1. The minimum absolute atomic E-state index is 0.248. The molecule has 0 atom stereocenters. The summed E-state index contributed by atoms with van der Waals surface area (Å²) in [7, 11) is 0. The van der Waals surface area contributed by atoms with E-state index in [-0.39, 0.29) is 6.61 Å². The maximum atomic E-state index is 6.20. The van der Waals surface area contributed by atoms with Gasteiger partial charge in [-0.3, -0.25) is 5.43 Å². The molecule has 0 unspecified atom stereocenters. The second-order valence-corrected chi connectivity index (χ2v) is 6.80. The van der Waals surface area contributed by atoms with E-state index in [4.69, 9.17) is 34.4 Å². The number of aromatic nitrogens is 1. The van der Waals surface area contributed by atoms with E-state index in [1.54, 1.807) is 24.4 Å². The molecular weight excluding hydrogens is 389 g/mol. The highest BCUT2D eigenvalue weighted by atomic mass is 35.5. The number of hydrogen-bond acceptors (Lipinski definition) is 5. The SMILES string of the molecule is C#CCOc1ccc(/C=N/Nc2nc(-c3cc(Cl)ccc3Cl)cs2)cc1. The Hall–Kier alpha value is -2.52. The molecule has 2 aromatic carbocycles. The van der Waals surface area contributed by atoms with Crippen molar-refractivity contribution in [1.29, 1.82) is 0 Å². The van der Waals surface area contributed by atoms with Crippen molar-refractivity contribution < 1.29 is 4.74 Å². The molecule has 0 fully saturated rings. The lowest BCUT2D eigenvalue weighted by molar-refractivity contribution is 0.370. The lowest BCUT2D eigenvalue weighted by Crippen LogP contribution is -1.94. The van der Waals surface area contributed by atoms with Crippen LogP contribution in [0.15, 0.2) is 52.9 Å². The number of ether oxygens (including phenoxy) is 1. The monoisotopic (exact) mass is 401 g/mol. The van der Waals surface area contributed by atoms with Crippen LogP contribution in [0.25, 0.3) is 11.3 Å². The van der Waals surface area contributed by atoms with Crippen molar-refractivity contribution in [3.63, 3.8) is 0 Å². The van der Waals surface area contributed by atoms with E-state index in [1.807, 2.05) is 29.6 Å². The average molecular weight is 402 g/mol. The van der Waals surface area contributed by atoms with E-state index in [0.29, 0.717) is 15.2 Å². The molecule has 1 aromatic heterocycles. The first-order chi connectivity index (χ1) is 12.7. The number of halogens is 2. The molecule has 130 valence electrons. The molecule has 0 saturated heterocycles. The van der Waals surface area contributed by atoms with Crippen molar-refractivity contribution in [2.75, 3.05) is 12.0 Å². The van der Waals surface area contributed by atoms with Crippen molar-refractivity contribution >= 4 is 45.9 Å².